The van der Waals surface area contributed by atoms with Crippen molar-refractivity contribution in [3.05, 3.63) is 71.6 Å². The number of aliphatic hydroxyl groups excluding tert-OH is 1. The van der Waals surface area contributed by atoms with E-state index in [2.05, 4.69) is 51.1 Å². The Hall–Kier alpha value is -2.54. The molecule has 0 unspecified atom stereocenters. The zero-order valence-corrected chi connectivity index (χ0v) is 16.9. The molecule has 6 nitrogen and oxygen atoms in total. The molecule has 6 heteroatoms. The van der Waals surface area contributed by atoms with Crippen molar-refractivity contribution in [1.29, 1.82) is 0 Å². The predicted octanol–water partition coefficient (Wildman–Crippen LogP) is 3.11. The first-order chi connectivity index (χ1) is 14.2. The second-order valence-corrected chi connectivity index (χ2v) is 7.74. The van der Waals surface area contributed by atoms with Gasteiger partial charge in [0.25, 0.3) is 0 Å². The largest absolute Gasteiger partial charge is 0.396 e. The van der Waals surface area contributed by atoms with Crippen LogP contribution in [0.3, 0.4) is 0 Å². The van der Waals surface area contributed by atoms with Crippen molar-refractivity contribution in [3.63, 3.8) is 0 Å². The van der Waals surface area contributed by atoms with Crippen molar-refractivity contribution in [3.8, 4) is 11.4 Å². The third-order valence-electron chi connectivity index (χ3n) is 5.52. The number of hydrogen-bond acceptors (Lipinski definition) is 6. The van der Waals surface area contributed by atoms with Gasteiger partial charge >= 0.3 is 0 Å². The van der Waals surface area contributed by atoms with Crippen molar-refractivity contribution in [2.45, 2.75) is 32.5 Å². The lowest BCUT2D eigenvalue weighted by Crippen LogP contribution is -2.52. The number of hydrogen-bond donors (Lipinski definition) is 1. The summed E-state index contributed by atoms with van der Waals surface area (Å²) in [5, 5.41) is 13.7. The van der Waals surface area contributed by atoms with Gasteiger partial charge in [0.05, 0.1) is 6.54 Å². The van der Waals surface area contributed by atoms with Crippen LogP contribution in [-0.4, -0.2) is 57.3 Å². The van der Waals surface area contributed by atoms with Gasteiger partial charge in [-0.25, -0.2) is 0 Å². The number of aromatic nitrogens is 2. The standard InChI is InChI=1S/C23H28N4O2/c1-18-7-9-19(10-8-18)15-27-13-12-26(16-21(27)11-14-28)17-22-24-23(25-29-22)20-5-3-2-4-6-20/h2-10,21,28H,11-17H2,1H3/t21-/m0/s1. The van der Waals surface area contributed by atoms with Crippen molar-refractivity contribution in [1.82, 2.24) is 19.9 Å². The molecule has 1 saturated heterocycles. The molecule has 1 aliphatic rings. The lowest BCUT2D eigenvalue weighted by Gasteiger charge is -2.41. The average molecular weight is 393 g/mol. The van der Waals surface area contributed by atoms with Crippen LogP contribution in [0.5, 0.6) is 0 Å². The van der Waals surface area contributed by atoms with E-state index in [-0.39, 0.29) is 6.61 Å². The average Bonchev–Trinajstić information content (AvgIpc) is 3.21. The van der Waals surface area contributed by atoms with Gasteiger partial charge in [0.1, 0.15) is 0 Å². The van der Waals surface area contributed by atoms with Crippen LogP contribution in [0.2, 0.25) is 0 Å². The summed E-state index contributed by atoms with van der Waals surface area (Å²) >= 11 is 0. The zero-order valence-electron chi connectivity index (χ0n) is 16.9. The molecule has 0 radical (unpaired) electrons. The molecule has 1 fully saturated rings. The summed E-state index contributed by atoms with van der Waals surface area (Å²) in [5.41, 5.74) is 3.56. The third kappa shape index (κ3) is 5.09. The third-order valence-corrected chi connectivity index (χ3v) is 5.52. The van der Waals surface area contributed by atoms with Crippen LogP contribution < -0.4 is 0 Å². The smallest absolute Gasteiger partial charge is 0.241 e. The fourth-order valence-electron chi connectivity index (χ4n) is 3.87. The normalized spacial score (nSPS) is 18.2. The van der Waals surface area contributed by atoms with E-state index in [9.17, 15) is 5.11 Å². The fourth-order valence-corrected chi connectivity index (χ4v) is 3.87. The highest BCUT2D eigenvalue weighted by Gasteiger charge is 2.27. The van der Waals surface area contributed by atoms with Gasteiger partial charge in [0, 0.05) is 44.4 Å². The minimum atomic E-state index is 0.196. The highest BCUT2D eigenvalue weighted by molar-refractivity contribution is 5.53. The molecular formula is C23H28N4O2. The Morgan fingerprint density at radius 1 is 1.03 bits per heavy atom. The topological polar surface area (TPSA) is 65.6 Å². The summed E-state index contributed by atoms with van der Waals surface area (Å²) in [7, 11) is 0. The van der Waals surface area contributed by atoms with Crippen LogP contribution in [-0.2, 0) is 13.1 Å². The van der Waals surface area contributed by atoms with Crippen molar-refractivity contribution in [2.24, 2.45) is 0 Å². The van der Waals surface area contributed by atoms with Gasteiger partial charge in [0.2, 0.25) is 11.7 Å². The van der Waals surface area contributed by atoms with E-state index in [1.807, 2.05) is 30.3 Å². The Balaban J connectivity index is 1.38. The van der Waals surface area contributed by atoms with Crippen LogP contribution in [0.1, 0.15) is 23.4 Å². The molecule has 0 bridgehead atoms. The van der Waals surface area contributed by atoms with E-state index in [1.165, 1.54) is 11.1 Å². The summed E-state index contributed by atoms with van der Waals surface area (Å²) in [5.74, 6) is 1.27. The molecule has 2 heterocycles. The van der Waals surface area contributed by atoms with Crippen LogP contribution in [0, 0.1) is 6.92 Å². The van der Waals surface area contributed by atoms with Crippen molar-refractivity contribution >= 4 is 0 Å². The zero-order chi connectivity index (χ0) is 20.1. The van der Waals surface area contributed by atoms with E-state index in [0.29, 0.717) is 24.3 Å². The van der Waals surface area contributed by atoms with Crippen LogP contribution in [0.15, 0.2) is 59.1 Å². The lowest BCUT2D eigenvalue weighted by atomic mass is 10.1. The van der Waals surface area contributed by atoms with E-state index < -0.39 is 0 Å². The number of piperazine rings is 1. The second kappa shape index (κ2) is 9.31. The van der Waals surface area contributed by atoms with Gasteiger partial charge in [-0.2, -0.15) is 4.98 Å². The highest BCUT2D eigenvalue weighted by Crippen LogP contribution is 2.20. The molecule has 0 aliphatic carbocycles. The molecule has 1 atom stereocenters. The molecule has 29 heavy (non-hydrogen) atoms. The Morgan fingerprint density at radius 3 is 2.59 bits per heavy atom. The minimum absolute atomic E-state index is 0.196. The SMILES string of the molecule is Cc1ccc(CN2CCN(Cc3nc(-c4ccccc4)no3)C[C@@H]2CCO)cc1. The molecule has 152 valence electrons. The molecule has 0 saturated carbocycles. The summed E-state index contributed by atoms with van der Waals surface area (Å²) in [6, 6.07) is 18.9. The number of aliphatic hydroxyl groups is 1. The Bertz CT molecular complexity index is 895. The molecular weight excluding hydrogens is 364 g/mol. The number of benzene rings is 2. The first kappa shape index (κ1) is 19.8. The van der Waals surface area contributed by atoms with Gasteiger partial charge < -0.3 is 9.63 Å². The van der Waals surface area contributed by atoms with Crippen LogP contribution in [0.4, 0.5) is 0 Å². The maximum atomic E-state index is 9.56. The molecule has 1 N–H and O–H groups in total. The van der Waals surface area contributed by atoms with E-state index >= 15 is 0 Å². The molecule has 2 aromatic carbocycles. The fraction of sp³-hybridized carbons (Fsp3) is 0.391. The van der Waals surface area contributed by atoms with E-state index in [0.717, 1.165) is 38.2 Å². The van der Waals surface area contributed by atoms with Crippen LogP contribution in [0.25, 0.3) is 11.4 Å². The van der Waals surface area contributed by atoms with Crippen molar-refractivity contribution < 1.29 is 9.63 Å². The summed E-state index contributed by atoms with van der Waals surface area (Å²) in [4.78, 5) is 9.37. The maximum Gasteiger partial charge on any atom is 0.241 e. The lowest BCUT2D eigenvalue weighted by molar-refractivity contribution is 0.0450. The molecule has 4 rings (SSSR count). The summed E-state index contributed by atoms with van der Waals surface area (Å²) in [6.07, 6.45) is 0.765. The molecule has 1 aromatic heterocycles. The Kier molecular flexibility index (Phi) is 6.34. The first-order valence-corrected chi connectivity index (χ1v) is 10.2. The molecule has 3 aromatic rings. The van der Waals surface area contributed by atoms with E-state index in [4.69, 9.17) is 4.52 Å². The quantitative estimate of drug-likeness (QED) is 0.666. The predicted molar refractivity (Wildman–Crippen MR) is 112 cm³/mol. The number of aryl methyl sites for hydroxylation is 1. The van der Waals surface area contributed by atoms with Gasteiger partial charge in [-0.1, -0.05) is 65.3 Å². The summed E-state index contributed by atoms with van der Waals surface area (Å²) < 4.78 is 5.48. The van der Waals surface area contributed by atoms with Gasteiger partial charge in [-0.05, 0) is 18.9 Å². The number of rotatable bonds is 7. The molecule has 1 aliphatic heterocycles. The van der Waals surface area contributed by atoms with Crippen molar-refractivity contribution in [2.75, 3.05) is 26.2 Å². The number of nitrogens with zero attached hydrogens (tertiary/aromatic N) is 4. The first-order valence-electron chi connectivity index (χ1n) is 10.2. The Labute approximate surface area is 171 Å². The van der Waals surface area contributed by atoms with Crippen LogP contribution >= 0.6 is 0 Å². The second-order valence-electron chi connectivity index (χ2n) is 7.74. The maximum absolute atomic E-state index is 9.56. The van der Waals surface area contributed by atoms with Gasteiger partial charge in [-0.15, -0.1) is 0 Å². The van der Waals surface area contributed by atoms with Gasteiger partial charge in [-0.3, -0.25) is 9.80 Å². The van der Waals surface area contributed by atoms with Gasteiger partial charge in [0.15, 0.2) is 0 Å². The molecule has 0 spiro atoms. The summed E-state index contributed by atoms with van der Waals surface area (Å²) in [6.45, 7) is 6.64. The Morgan fingerprint density at radius 2 is 1.83 bits per heavy atom. The minimum Gasteiger partial charge on any atom is -0.396 e. The van der Waals surface area contributed by atoms with E-state index in [1.54, 1.807) is 0 Å². The monoisotopic (exact) mass is 392 g/mol. The molecule has 0 amide bonds. The highest BCUT2D eigenvalue weighted by atomic mass is 16.5.